The van der Waals surface area contributed by atoms with Gasteiger partial charge in [-0.1, -0.05) is 66.7 Å². The van der Waals surface area contributed by atoms with Gasteiger partial charge in [-0.25, -0.2) is 54.1 Å². The van der Waals surface area contributed by atoms with Crippen LogP contribution < -0.4 is 43.8 Å². The topological polar surface area (TPSA) is 463 Å². The van der Waals surface area contributed by atoms with Crippen LogP contribution in [0.5, 0.6) is 0 Å². The van der Waals surface area contributed by atoms with Gasteiger partial charge in [-0.05, 0) is 187 Å². The summed E-state index contributed by atoms with van der Waals surface area (Å²) in [4.78, 5) is 92.2. The van der Waals surface area contributed by atoms with Crippen molar-refractivity contribution in [2.75, 3.05) is 55.8 Å². The Labute approximate surface area is 689 Å². The number of nitrogens with zero attached hydrogens (tertiary/aromatic N) is 8. The SMILES string of the molecule is CNC(=O)c1nn(-c2ccc(S(C)(=O)=O)cc2)c2c1CCc1ccc(N)cc1-2.CNC(=O)c1nn(-c2ccc(S(C)(=O)=O)cc2)c2c1CCc1ccc(NC(=O)C(Cc3cnc[nH]3)NC(=O)OCC3c4ccccc4-c4ccccc43)cc1-2.CS(=O)(=O)c1ccc(-n2nc(C(N)=O)c3c2-c2cc(NC(=O)C(N)Cc4cnc[nH]4)ccc2CC3)cc1. The largest absolute Gasteiger partial charge is 0.449 e. The number of nitrogens with one attached hydrogen (secondary N) is 7. The van der Waals surface area contributed by atoms with E-state index in [2.05, 4.69) is 73.9 Å². The summed E-state index contributed by atoms with van der Waals surface area (Å²) in [6.07, 6.45) is 13.3. The third-order valence-electron chi connectivity index (χ3n) is 21.4. The molecule has 0 saturated carbocycles. The number of primary amides is 1. The zero-order chi connectivity index (χ0) is 84.6. The Morgan fingerprint density at radius 3 is 1.28 bits per heavy atom. The van der Waals surface area contributed by atoms with E-state index in [1.54, 1.807) is 94.2 Å². The van der Waals surface area contributed by atoms with Crippen molar-refractivity contribution in [3.63, 3.8) is 0 Å². The van der Waals surface area contributed by atoms with Gasteiger partial charge in [0.2, 0.25) is 11.8 Å². The Kier molecular flexibility index (Phi) is 22.5. The maximum absolute atomic E-state index is 14.0. The summed E-state index contributed by atoms with van der Waals surface area (Å²) >= 11 is 0. The summed E-state index contributed by atoms with van der Waals surface area (Å²) < 4.78 is 82.3. The van der Waals surface area contributed by atoms with Crippen molar-refractivity contribution < 1.29 is 58.8 Å². The van der Waals surface area contributed by atoms with Crippen molar-refractivity contribution in [3.8, 4) is 62.0 Å². The van der Waals surface area contributed by atoms with E-state index < -0.39 is 59.5 Å². The molecule has 0 bridgehead atoms. The molecule has 31 nitrogen and oxygen atoms in total. The Morgan fingerprint density at radius 2 is 0.875 bits per heavy atom. The van der Waals surface area contributed by atoms with Crippen LogP contribution in [0.1, 0.15) is 93.3 Å². The number of amides is 6. The van der Waals surface area contributed by atoms with Crippen LogP contribution in [0, 0.1) is 0 Å². The third-order valence-corrected chi connectivity index (χ3v) is 24.8. The lowest BCUT2D eigenvalue weighted by atomic mass is 9.88. The third kappa shape index (κ3) is 16.7. The van der Waals surface area contributed by atoms with Crippen LogP contribution in [0.15, 0.2) is 216 Å². The van der Waals surface area contributed by atoms with Crippen molar-refractivity contribution >= 4 is 82.2 Å². The molecule has 13 N–H and O–H groups in total. The van der Waals surface area contributed by atoms with Crippen molar-refractivity contribution in [2.24, 2.45) is 11.5 Å². The molecule has 8 aromatic carbocycles. The smallest absolute Gasteiger partial charge is 0.407 e. The van der Waals surface area contributed by atoms with Gasteiger partial charge >= 0.3 is 6.09 Å². The molecule has 5 aromatic heterocycles. The molecule has 13 aromatic rings. The summed E-state index contributed by atoms with van der Waals surface area (Å²) in [5.41, 5.74) is 37.8. The van der Waals surface area contributed by atoms with Gasteiger partial charge in [0.15, 0.2) is 46.6 Å². The molecule has 0 aliphatic heterocycles. The van der Waals surface area contributed by atoms with Crippen molar-refractivity contribution in [1.82, 2.24) is 65.2 Å². The number of alkyl carbamates (subject to hydrolysis) is 1. The van der Waals surface area contributed by atoms with Crippen LogP contribution in [-0.2, 0) is 95.2 Å². The number of nitrogen functional groups attached to an aromatic ring is 1. The normalized spacial score (nSPS) is 13.3. The van der Waals surface area contributed by atoms with Crippen LogP contribution in [-0.4, -0.2) is 162 Å². The molecule has 0 saturated heterocycles. The number of hydrogen-bond donors (Lipinski definition) is 10. The van der Waals surface area contributed by atoms with Gasteiger partial charge in [0, 0.05) is 126 Å². The van der Waals surface area contributed by atoms with Gasteiger partial charge in [-0.15, -0.1) is 0 Å². The van der Waals surface area contributed by atoms with E-state index in [-0.39, 0.29) is 62.7 Å². The van der Waals surface area contributed by atoms with Crippen molar-refractivity contribution in [2.45, 2.75) is 84.1 Å². The zero-order valence-electron chi connectivity index (χ0n) is 65.5. The second-order valence-corrected chi connectivity index (χ2v) is 35.5. The number of aromatic nitrogens is 10. The monoisotopic (exact) mass is 1670 g/mol. The fraction of sp³-hybridized carbons (Fsp3) is 0.198. The summed E-state index contributed by atoms with van der Waals surface area (Å²) in [5, 5.41) is 27.6. The van der Waals surface area contributed by atoms with E-state index in [9.17, 15) is 54.0 Å². The summed E-state index contributed by atoms with van der Waals surface area (Å²) in [6.45, 7) is 0.0914. The molecule has 612 valence electrons. The summed E-state index contributed by atoms with van der Waals surface area (Å²) in [7, 11) is -6.99. The van der Waals surface area contributed by atoms with Gasteiger partial charge in [0.05, 0.1) is 67.5 Å². The molecule has 6 amide bonds. The number of benzene rings is 8. The first kappa shape index (κ1) is 81.2. The number of sulfone groups is 3. The van der Waals surface area contributed by atoms with Crippen molar-refractivity contribution in [1.29, 1.82) is 0 Å². The number of imidazole rings is 2. The van der Waals surface area contributed by atoms with E-state index in [1.165, 1.54) is 50.2 Å². The van der Waals surface area contributed by atoms with E-state index in [4.69, 9.17) is 21.9 Å². The Bertz CT molecular complexity index is 6540. The highest BCUT2D eigenvalue weighted by Gasteiger charge is 2.35. The number of nitrogens with two attached hydrogens (primary N) is 3. The molecule has 120 heavy (non-hydrogen) atoms. The lowest BCUT2D eigenvalue weighted by molar-refractivity contribution is -0.118. The van der Waals surface area contributed by atoms with E-state index >= 15 is 0 Å². The zero-order valence-corrected chi connectivity index (χ0v) is 67.9. The first-order chi connectivity index (χ1) is 57.5. The fourth-order valence-electron chi connectivity index (χ4n) is 15.6. The van der Waals surface area contributed by atoms with Gasteiger partial charge in [-0.2, -0.15) is 15.3 Å². The molecule has 0 radical (unpaired) electrons. The average Bonchev–Trinajstić information content (AvgIpc) is 1.60. The highest BCUT2D eigenvalue weighted by molar-refractivity contribution is 7.91. The molecule has 0 spiro atoms. The number of aromatic amines is 2. The number of hydrogen-bond acceptors (Lipinski definition) is 20. The second-order valence-electron chi connectivity index (χ2n) is 29.4. The first-order valence-corrected chi connectivity index (χ1v) is 43.8. The lowest BCUT2D eigenvalue weighted by Gasteiger charge is -2.22. The maximum atomic E-state index is 14.0. The quantitative estimate of drug-likeness (QED) is 0.0319. The standard InChI is InChI=1S/C41H37N7O6S.C25H25N7O4S.C20H20N4O3S/c1-42-40(50)37-33-18-12-24-11-13-25(19-34(24)38(33)48(47-37)27-14-16-28(17-15-27)55(2,52)53)45-39(49)36(20-26-21-43-23-44-26)46-41(51)54-22-35-31-9-5-3-7-29(31)30-8-4-6-10-32(30)35;1-37(35,36)18-7-5-17(6-8-18)32-23-19(22(31-32)24(27)33)9-3-14-2-4-15(10-20(14)23)30-25(34)21(26)11-16-12-28-13-29-16;1-22-20(25)18-16-10-4-12-3-5-13(21)11-17(12)19(16)24(23-18)14-6-8-15(9-7-14)28(2,26)27/h3-11,13-17,19,21,23,35-36H,12,18,20,22H2,1-2H3,(H,42,50)(H,43,44)(H,45,49)(H,46,51);2,4-8,10,12-13,21H,3,9,11,26H2,1H3,(H2,27,33)(H,28,29)(H,30,34);3,5-9,11H,4,10,21H2,1-2H3,(H,22,25). The molecule has 4 aliphatic rings. The van der Waals surface area contributed by atoms with Gasteiger partial charge < -0.3 is 58.5 Å². The Balaban J connectivity index is 0.000000149. The number of anilines is 3. The molecule has 2 atom stereocenters. The minimum atomic E-state index is -3.43. The molecule has 2 unspecified atom stereocenters. The summed E-state index contributed by atoms with van der Waals surface area (Å²) in [5.74, 6) is -2.23. The lowest BCUT2D eigenvalue weighted by Crippen LogP contribution is -2.45. The molecule has 4 aliphatic carbocycles. The van der Waals surface area contributed by atoms with Crippen molar-refractivity contribution in [3.05, 3.63) is 274 Å². The number of rotatable bonds is 20. The van der Waals surface area contributed by atoms with E-state index in [1.807, 2.05) is 78.9 Å². The number of carbonyl (C=O) groups excluding carboxylic acids is 6. The second kappa shape index (κ2) is 33.2. The fourth-order valence-corrected chi connectivity index (χ4v) is 17.4. The predicted octanol–water partition coefficient (Wildman–Crippen LogP) is 8.57. The molecular formula is C86H82N18O13S3. The highest BCUT2D eigenvalue weighted by Crippen LogP contribution is 2.46. The molecule has 0 fully saturated rings. The van der Waals surface area contributed by atoms with Crippen LogP contribution in [0.25, 0.3) is 62.0 Å². The van der Waals surface area contributed by atoms with Gasteiger partial charge in [0.1, 0.15) is 12.6 Å². The molecule has 5 heterocycles. The molecule has 17 rings (SSSR count). The van der Waals surface area contributed by atoms with E-state index in [0.717, 1.165) is 97.1 Å². The number of carbonyl (C=O) groups is 6. The van der Waals surface area contributed by atoms with Crippen LogP contribution >= 0.6 is 0 Å². The molecular weight excluding hydrogens is 1590 g/mol. The first-order valence-electron chi connectivity index (χ1n) is 38.1. The minimum absolute atomic E-state index is 0.0914. The minimum Gasteiger partial charge on any atom is -0.449 e. The number of fused-ring (bicyclic) bond motifs is 12. The highest BCUT2D eigenvalue weighted by atomic mass is 32.2. The van der Waals surface area contributed by atoms with Crippen LogP contribution in [0.2, 0.25) is 0 Å². The predicted molar refractivity (Wildman–Crippen MR) is 450 cm³/mol. The Hall–Kier alpha value is -14.0. The average molecular weight is 1670 g/mol. The summed E-state index contributed by atoms with van der Waals surface area (Å²) in [6, 6.07) is 50.2. The maximum Gasteiger partial charge on any atom is 0.407 e. The van der Waals surface area contributed by atoms with Crippen LogP contribution in [0.4, 0.5) is 21.9 Å². The Morgan fingerprint density at radius 1 is 0.483 bits per heavy atom. The van der Waals surface area contributed by atoms with Gasteiger partial charge in [-0.3, -0.25) is 24.0 Å². The van der Waals surface area contributed by atoms with E-state index in [0.29, 0.717) is 101 Å². The number of ether oxygens (including phenoxy) is 1. The van der Waals surface area contributed by atoms with Gasteiger partial charge in [0.25, 0.3) is 17.7 Å². The number of aryl methyl sites for hydroxylation is 3. The number of H-pyrrole nitrogens is 2. The molecule has 34 heteroatoms. The van der Waals surface area contributed by atoms with Crippen LogP contribution in [0.3, 0.4) is 0 Å².